The second kappa shape index (κ2) is 5.84. The van der Waals surface area contributed by atoms with Gasteiger partial charge >= 0.3 is 0 Å². The van der Waals surface area contributed by atoms with Crippen LogP contribution in [0.15, 0.2) is 4.42 Å². The van der Waals surface area contributed by atoms with Crippen molar-refractivity contribution in [2.45, 2.75) is 20.8 Å². The molecule has 1 aromatic rings. The molecule has 0 atom stereocenters. The van der Waals surface area contributed by atoms with Crippen molar-refractivity contribution in [3.8, 4) is 0 Å². The van der Waals surface area contributed by atoms with Crippen molar-refractivity contribution in [3.05, 3.63) is 22.6 Å². The van der Waals surface area contributed by atoms with Gasteiger partial charge in [0.15, 0.2) is 0 Å². The molecule has 96 valence electrons. The first-order valence-electron chi connectivity index (χ1n) is 5.60. The number of carbonyl (C=O) groups is 1. The Labute approximate surface area is 101 Å². The first-order chi connectivity index (χ1) is 8.02. The highest BCUT2D eigenvalue weighted by atomic mass is 16.3. The van der Waals surface area contributed by atoms with Crippen LogP contribution in [0.4, 0.5) is 0 Å². The van der Waals surface area contributed by atoms with Crippen molar-refractivity contribution >= 4 is 5.91 Å². The fourth-order valence-corrected chi connectivity index (χ4v) is 1.82. The van der Waals surface area contributed by atoms with Crippen LogP contribution in [0.25, 0.3) is 0 Å². The molecule has 0 aromatic carbocycles. The minimum Gasteiger partial charge on any atom is -0.466 e. The highest BCUT2D eigenvalue weighted by Crippen LogP contribution is 2.22. The van der Waals surface area contributed by atoms with Gasteiger partial charge in [-0.25, -0.2) is 0 Å². The summed E-state index contributed by atoms with van der Waals surface area (Å²) in [5.41, 5.74) is 1.35. The first kappa shape index (κ1) is 13.7. The molecule has 5 heteroatoms. The maximum atomic E-state index is 12.2. The van der Waals surface area contributed by atoms with Crippen molar-refractivity contribution in [2.75, 3.05) is 26.3 Å². The van der Waals surface area contributed by atoms with Crippen molar-refractivity contribution in [1.29, 1.82) is 0 Å². The smallest absolute Gasteiger partial charge is 0.257 e. The molecule has 5 nitrogen and oxygen atoms in total. The van der Waals surface area contributed by atoms with Gasteiger partial charge in [-0.2, -0.15) is 0 Å². The largest absolute Gasteiger partial charge is 0.466 e. The van der Waals surface area contributed by atoms with Crippen LogP contribution in [-0.2, 0) is 0 Å². The zero-order valence-electron chi connectivity index (χ0n) is 10.5. The van der Waals surface area contributed by atoms with Gasteiger partial charge in [0.1, 0.15) is 11.5 Å². The second-order valence-corrected chi connectivity index (χ2v) is 3.95. The summed E-state index contributed by atoms with van der Waals surface area (Å²) in [6, 6.07) is 0. The van der Waals surface area contributed by atoms with E-state index in [2.05, 4.69) is 0 Å². The highest BCUT2D eigenvalue weighted by molar-refractivity contribution is 5.96. The molecule has 1 aromatic heterocycles. The van der Waals surface area contributed by atoms with Crippen LogP contribution in [0.1, 0.15) is 27.4 Å². The third-order valence-electron chi connectivity index (χ3n) is 2.80. The summed E-state index contributed by atoms with van der Waals surface area (Å²) >= 11 is 0. The number of aryl methyl sites for hydroxylation is 2. The molecule has 0 fully saturated rings. The Morgan fingerprint density at radius 2 is 1.65 bits per heavy atom. The number of amides is 1. The lowest BCUT2D eigenvalue weighted by atomic mass is 10.1. The van der Waals surface area contributed by atoms with Gasteiger partial charge in [0.25, 0.3) is 5.91 Å². The minimum atomic E-state index is -0.208. The molecule has 0 radical (unpaired) electrons. The van der Waals surface area contributed by atoms with E-state index in [1.807, 2.05) is 13.8 Å². The standard InChI is InChI=1S/C12H19NO4/c1-8-9(2)17-10(3)11(8)12(16)13(4-6-14)5-7-15/h14-15H,4-7H2,1-3H3. The summed E-state index contributed by atoms with van der Waals surface area (Å²) in [7, 11) is 0. The molecule has 1 amide bonds. The van der Waals surface area contributed by atoms with E-state index in [-0.39, 0.29) is 32.2 Å². The van der Waals surface area contributed by atoms with Gasteiger partial charge in [0.2, 0.25) is 0 Å². The highest BCUT2D eigenvalue weighted by Gasteiger charge is 2.23. The first-order valence-corrected chi connectivity index (χ1v) is 5.60. The third kappa shape index (κ3) is 2.87. The minimum absolute atomic E-state index is 0.124. The Kier molecular flexibility index (Phi) is 4.72. The summed E-state index contributed by atoms with van der Waals surface area (Å²) in [5, 5.41) is 17.8. The van der Waals surface area contributed by atoms with Gasteiger partial charge in [0.05, 0.1) is 18.8 Å². The molecule has 1 heterocycles. The quantitative estimate of drug-likeness (QED) is 0.793. The molecule has 17 heavy (non-hydrogen) atoms. The van der Waals surface area contributed by atoms with Gasteiger partial charge in [-0.1, -0.05) is 0 Å². The average molecular weight is 241 g/mol. The van der Waals surface area contributed by atoms with Gasteiger partial charge < -0.3 is 19.5 Å². The maximum absolute atomic E-state index is 12.2. The summed E-state index contributed by atoms with van der Waals surface area (Å²) in [6.07, 6.45) is 0. The summed E-state index contributed by atoms with van der Waals surface area (Å²) < 4.78 is 5.40. The van der Waals surface area contributed by atoms with E-state index in [0.717, 1.165) is 11.3 Å². The molecular formula is C12H19NO4. The van der Waals surface area contributed by atoms with Crippen LogP contribution < -0.4 is 0 Å². The number of rotatable bonds is 5. The number of carbonyl (C=O) groups excluding carboxylic acids is 1. The number of nitrogens with zero attached hydrogens (tertiary/aromatic N) is 1. The lowest BCUT2D eigenvalue weighted by Gasteiger charge is -2.20. The number of aliphatic hydroxyl groups excluding tert-OH is 2. The summed E-state index contributed by atoms with van der Waals surface area (Å²) in [4.78, 5) is 13.6. The third-order valence-corrected chi connectivity index (χ3v) is 2.80. The maximum Gasteiger partial charge on any atom is 0.257 e. The van der Waals surface area contributed by atoms with E-state index in [9.17, 15) is 4.79 Å². The van der Waals surface area contributed by atoms with Gasteiger partial charge in [-0.3, -0.25) is 4.79 Å². The monoisotopic (exact) mass is 241 g/mol. The SMILES string of the molecule is Cc1oc(C)c(C(=O)N(CCO)CCO)c1C. The normalized spacial score (nSPS) is 10.6. The Hall–Kier alpha value is -1.33. The van der Waals surface area contributed by atoms with Gasteiger partial charge in [-0.15, -0.1) is 0 Å². The van der Waals surface area contributed by atoms with E-state index in [0.29, 0.717) is 11.3 Å². The predicted molar refractivity (Wildman–Crippen MR) is 63.0 cm³/mol. The van der Waals surface area contributed by atoms with Crippen LogP contribution in [0, 0.1) is 20.8 Å². The molecule has 0 saturated heterocycles. The fraction of sp³-hybridized carbons (Fsp3) is 0.583. The summed E-state index contributed by atoms with van der Waals surface area (Å²) in [5.74, 6) is 1.09. The van der Waals surface area contributed by atoms with Crippen molar-refractivity contribution in [2.24, 2.45) is 0 Å². The molecule has 0 spiro atoms. The number of hydrogen-bond acceptors (Lipinski definition) is 4. The lowest BCUT2D eigenvalue weighted by molar-refractivity contribution is 0.0682. The molecule has 0 aliphatic rings. The lowest BCUT2D eigenvalue weighted by Crippen LogP contribution is -2.36. The van der Waals surface area contributed by atoms with Crippen molar-refractivity contribution in [1.82, 2.24) is 4.90 Å². The van der Waals surface area contributed by atoms with Crippen LogP contribution in [0.3, 0.4) is 0 Å². The van der Waals surface area contributed by atoms with Gasteiger partial charge in [0, 0.05) is 18.7 Å². The molecule has 0 bridgehead atoms. The molecular weight excluding hydrogens is 222 g/mol. The van der Waals surface area contributed by atoms with Crippen molar-refractivity contribution < 1.29 is 19.4 Å². The van der Waals surface area contributed by atoms with Crippen LogP contribution >= 0.6 is 0 Å². The summed E-state index contributed by atoms with van der Waals surface area (Å²) in [6.45, 7) is 5.55. The molecule has 1 rings (SSSR count). The Bertz CT molecular complexity index is 391. The number of hydrogen-bond donors (Lipinski definition) is 2. The van der Waals surface area contributed by atoms with E-state index in [1.54, 1.807) is 6.92 Å². The molecule has 0 saturated carbocycles. The van der Waals surface area contributed by atoms with E-state index >= 15 is 0 Å². The van der Waals surface area contributed by atoms with Crippen LogP contribution in [0.5, 0.6) is 0 Å². The fourth-order valence-electron chi connectivity index (χ4n) is 1.82. The van der Waals surface area contributed by atoms with E-state index in [4.69, 9.17) is 14.6 Å². The predicted octanol–water partition coefficient (Wildman–Crippen LogP) is 0.632. The molecule has 0 unspecified atom stereocenters. The van der Waals surface area contributed by atoms with Crippen LogP contribution in [0.2, 0.25) is 0 Å². The zero-order chi connectivity index (χ0) is 13.0. The Morgan fingerprint density at radius 1 is 1.12 bits per heavy atom. The van der Waals surface area contributed by atoms with Crippen molar-refractivity contribution in [3.63, 3.8) is 0 Å². The van der Waals surface area contributed by atoms with Gasteiger partial charge in [-0.05, 0) is 20.8 Å². The molecule has 2 N–H and O–H groups in total. The second-order valence-electron chi connectivity index (χ2n) is 3.95. The zero-order valence-corrected chi connectivity index (χ0v) is 10.5. The molecule has 0 aliphatic heterocycles. The van der Waals surface area contributed by atoms with Crippen LogP contribution in [-0.4, -0.2) is 47.3 Å². The van der Waals surface area contributed by atoms with E-state index in [1.165, 1.54) is 4.90 Å². The Balaban J connectivity index is 3.00. The Morgan fingerprint density at radius 3 is 2.00 bits per heavy atom. The topological polar surface area (TPSA) is 73.9 Å². The number of aliphatic hydroxyl groups is 2. The number of furan rings is 1. The van der Waals surface area contributed by atoms with E-state index < -0.39 is 0 Å². The average Bonchev–Trinajstić information content (AvgIpc) is 2.52. The molecule has 0 aliphatic carbocycles.